The fourth-order valence-corrected chi connectivity index (χ4v) is 4.25. The molecule has 0 spiro atoms. The maximum absolute atomic E-state index is 12.9. The number of hydrogen-bond acceptors (Lipinski definition) is 3. The van der Waals surface area contributed by atoms with Crippen LogP contribution in [0, 0.1) is 0 Å². The monoisotopic (exact) mass is 435 g/mol. The van der Waals surface area contributed by atoms with Gasteiger partial charge in [0.2, 0.25) is 5.91 Å². The number of halogens is 1. The number of amides is 4. The van der Waals surface area contributed by atoms with Gasteiger partial charge in [-0.05, 0) is 37.5 Å². The molecule has 1 saturated carbocycles. The Kier molecular flexibility index (Phi) is 6.19. The van der Waals surface area contributed by atoms with E-state index >= 15 is 0 Å². The number of urea groups is 1. The van der Waals surface area contributed by atoms with Gasteiger partial charge >= 0.3 is 6.03 Å². The van der Waals surface area contributed by atoms with Crippen LogP contribution in [0.5, 0.6) is 0 Å². The van der Waals surface area contributed by atoms with Gasteiger partial charge in [-0.3, -0.25) is 14.5 Å². The number of benzene rings is 1. The maximum Gasteiger partial charge on any atom is 0.325 e. The van der Waals surface area contributed by atoms with E-state index in [1.54, 1.807) is 19.1 Å². The largest absolute Gasteiger partial charge is 0.352 e. The van der Waals surface area contributed by atoms with Crippen molar-refractivity contribution >= 4 is 33.8 Å². The van der Waals surface area contributed by atoms with E-state index in [0.717, 1.165) is 35.1 Å². The van der Waals surface area contributed by atoms with Crippen molar-refractivity contribution in [3.05, 3.63) is 34.3 Å². The third kappa shape index (κ3) is 4.51. The van der Waals surface area contributed by atoms with Gasteiger partial charge in [-0.15, -0.1) is 0 Å². The first-order valence-corrected chi connectivity index (χ1v) is 10.4. The number of carbonyl (C=O) groups excluding carboxylic acids is 3. The first-order valence-electron chi connectivity index (χ1n) is 9.59. The molecule has 0 aromatic heterocycles. The highest BCUT2D eigenvalue weighted by Crippen LogP contribution is 2.30. The molecule has 1 heterocycles. The van der Waals surface area contributed by atoms with E-state index in [1.165, 1.54) is 19.3 Å². The zero-order valence-corrected chi connectivity index (χ0v) is 17.2. The molecule has 146 valence electrons. The predicted molar refractivity (Wildman–Crippen MR) is 106 cm³/mol. The fourth-order valence-electron chi connectivity index (χ4n) is 3.85. The molecule has 0 radical (unpaired) electrons. The summed E-state index contributed by atoms with van der Waals surface area (Å²) in [5, 5.41) is 5.75. The van der Waals surface area contributed by atoms with Crippen LogP contribution in [0.3, 0.4) is 0 Å². The molecule has 1 unspecified atom stereocenters. The number of nitrogens with zero attached hydrogens (tertiary/aromatic N) is 1. The van der Waals surface area contributed by atoms with Gasteiger partial charge in [0.15, 0.2) is 0 Å². The zero-order valence-electron chi connectivity index (χ0n) is 15.6. The molecule has 2 N–H and O–H groups in total. The molecule has 0 bridgehead atoms. The molecule has 1 aliphatic carbocycles. The summed E-state index contributed by atoms with van der Waals surface area (Å²) in [6.45, 7) is 1.42. The van der Waals surface area contributed by atoms with E-state index < -0.39 is 17.5 Å². The summed E-state index contributed by atoms with van der Waals surface area (Å²) in [5.74, 6) is -0.680. The minimum atomic E-state index is -1.17. The Morgan fingerprint density at radius 1 is 1.22 bits per heavy atom. The van der Waals surface area contributed by atoms with E-state index in [2.05, 4.69) is 26.6 Å². The topological polar surface area (TPSA) is 78.5 Å². The van der Waals surface area contributed by atoms with Gasteiger partial charge in [-0.25, -0.2) is 4.79 Å². The lowest BCUT2D eigenvalue weighted by molar-refractivity contribution is -0.135. The van der Waals surface area contributed by atoms with Gasteiger partial charge in [0.25, 0.3) is 5.91 Å². The lowest BCUT2D eigenvalue weighted by atomic mass is 9.92. The molecule has 27 heavy (non-hydrogen) atoms. The second kappa shape index (κ2) is 8.42. The Hall–Kier alpha value is -1.89. The fraction of sp³-hybridized carbons (Fsp3) is 0.550. The summed E-state index contributed by atoms with van der Waals surface area (Å²) >= 11 is 3.39. The van der Waals surface area contributed by atoms with E-state index in [-0.39, 0.29) is 18.5 Å². The Morgan fingerprint density at radius 2 is 1.89 bits per heavy atom. The molecule has 1 aliphatic heterocycles. The molecule has 4 amide bonds. The lowest BCUT2D eigenvalue weighted by Gasteiger charge is -2.23. The smallest absolute Gasteiger partial charge is 0.325 e. The van der Waals surface area contributed by atoms with E-state index in [4.69, 9.17) is 0 Å². The normalized spacial score (nSPS) is 24.3. The average molecular weight is 436 g/mol. The van der Waals surface area contributed by atoms with Crippen LogP contribution >= 0.6 is 15.9 Å². The minimum absolute atomic E-state index is 0.134. The van der Waals surface area contributed by atoms with Gasteiger partial charge in [-0.2, -0.15) is 0 Å². The molecule has 2 aliphatic rings. The van der Waals surface area contributed by atoms with Gasteiger partial charge in [-0.1, -0.05) is 60.2 Å². The van der Waals surface area contributed by atoms with Crippen molar-refractivity contribution in [2.75, 3.05) is 6.54 Å². The van der Waals surface area contributed by atoms with Crippen molar-refractivity contribution < 1.29 is 14.4 Å². The second-order valence-electron chi connectivity index (χ2n) is 7.57. The maximum atomic E-state index is 12.9. The quantitative estimate of drug-likeness (QED) is 0.710. The number of carbonyl (C=O) groups is 3. The Labute approximate surface area is 168 Å². The van der Waals surface area contributed by atoms with Crippen molar-refractivity contribution in [2.45, 2.75) is 63.5 Å². The number of rotatable bonds is 4. The summed E-state index contributed by atoms with van der Waals surface area (Å²) < 4.78 is 0.823. The molecule has 1 aromatic carbocycles. The standard InChI is InChI=1S/C20H26BrN3O3/c1-20(14-8-7-9-15(21)12-14)18(26)24(19(27)23-20)13-17(25)22-16-10-5-3-2-4-6-11-16/h7-9,12,16H,2-6,10-11,13H2,1H3,(H,22,25)(H,23,27). The minimum Gasteiger partial charge on any atom is -0.352 e. The first kappa shape index (κ1) is 19.9. The van der Waals surface area contributed by atoms with Crippen LogP contribution in [0.2, 0.25) is 0 Å². The van der Waals surface area contributed by atoms with Crippen LogP contribution in [0.25, 0.3) is 0 Å². The van der Waals surface area contributed by atoms with E-state index in [9.17, 15) is 14.4 Å². The molecule has 6 nitrogen and oxygen atoms in total. The highest BCUT2D eigenvalue weighted by Gasteiger charge is 2.49. The van der Waals surface area contributed by atoms with Gasteiger partial charge < -0.3 is 10.6 Å². The SMILES string of the molecule is CC1(c2cccc(Br)c2)NC(=O)N(CC(=O)NC2CCCCCCC2)C1=O. The molecule has 3 rings (SSSR count). The van der Waals surface area contributed by atoms with Crippen molar-refractivity contribution in [1.82, 2.24) is 15.5 Å². The zero-order chi connectivity index (χ0) is 19.4. The molecule has 2 fully saturated rings. The van der Waals surface area contributed by atoms with Gasteiger partial charge in [0.1, 0.15) is 12.1 Å². The van der Waals surface area contributed by atoms with Crippen molar-refractivity contribution in [2.24, 2.45) is 0 Å². The second-order valence-corrected chi connectivity index (χ2v) is 8.48. The third-order valence-electron chi connectivity index (χ3n) is 5.45. The summed E-state index contributed by atoms with van der Waals surface area (Å²) in [5.41, 5.74) is -0.486. The summed E-state index contributed by atoms with van der Waals surface area (Å²) in [7, 11) is 0. The van der Waals surface area contributed by atoms with Crippen LogP contribution in [0.1, 0.15) is 57.4 Å². The molecular weight excluding hydrogens is 410 g/mol. The van der Waals surface area contributed by atoms with E-state index in [1.807, 2.05) is 12.1 Å². The number of hydrogen-bond donors (Lipinski definition) is 2. The first-order chi connectivity index (χ1) is 12.9. The average Bonchev–Trinajstić information content (AvgIpc) is 2.81. The van der Waals surface area contributed by atoms with Crippen molar-refractivity contribution in [3.8, 4) is 0 Å². The van der Waals surface area contributed by atoms with Gasteiger partial charge in [0, 0.05) is 10.5 Å². The number of nitrogens with one attached hydrogen (secondary N) is 2. The Bertz CT molecular complexity index is 731. The van der Waals surface area contributed by atoms with Crippen LogP contribution in [0.4, 0.5) is 4.79 Å². The molecule has 1 saturated heterocycles. The molecular formula is C20H26BrN3O3. The summed E-state index contributed by atoms with van der Waals surface area (Å²) in [4.78, 5) is 38.8. The van der Waals surface area contributed by atoms with Crippen LogP contribution in [-0.2, 0) is 15.1 Å². The van der Waals surface area contributed by atoms with Crippen LogP contribution in [0.15, 0.2) is 28.7 Å². The molecule has 7 heteroatoms. The highest BCUT2D eigenvalue weighted by atomic mass is 79.9. The van der Waals surface area contributed by atoms with Crippen LogP contribution < -0.4 is 10.6 Å². The van der Waals surface area contributed by atoms with Crippen molar-refractivity contribution in [1.29, 1.82) is 0 Å². The van der Waals surface area contributed by atoms with Crippen LogP contribution in [-0.4, -0.2) is 35.3 Å². The Balaban J connectivity index is 1.65. The lowest BCUT2D eigenvalue weighted by Crippen LogP contribution is -2.45. The summed E-state index contributed by atoms with van der Waals surface area (Å²) in [6.07, 6.45) is 7.79. The number of imide groups is 1. The molecule has 1 atom stereocenters. The van der Waals surface area contributed by atoms with E-state index in [0.29, 0.717) is 5.56 Å². The summed E-state index contributed by atoms with van der Waals surface area (Å²) in [6, 6.07) is 6.87. The van der Waals surface area contributed by atoms with Crippen molar-refractivity contribution in [3.63, 3.8) is 0 Å². The highest BCUT2D eigenvalue weighted by molar-refractivity contribution is 9.10. The molecule has 1 aromatic rings. The van der Waals surface area contributed by atoms with Gasteiger partial charge in [0.05, 0.1) is 0 Å². The third-order valence-corrected chi connectivity index (χ3v) is 5.94. The predicted octanol–water partition coefficient (Wildman–Crippen LogP) is 3.45. The Morgan fingerprint density at radius 3 is 2.56 bits per heavy atom.